The Kier molecular flexibility index (Phi) is 6.00. The van der Waals surface area contributed by atoms with Gasteiger partial charge < -0.3 is 19.5 Å². The summed E-state index contributed by atoms with van der Waals surface area (Å²) in [6.07, 6.45) is 0.350. The predicted octanol–water partition coefficient (Wildman–Crippen LogP) is 1.27. The molecule has 21 heavy (non-hydrogen) atoms. The minimum Gasteiger partial charge on any atom is -0.488 e. The lowest BCUT2D eigenvalue weighted by atomic mass is 10.2. The summed E-state index contributed by atoms with van der Waals surface area (Å²) in [5, 5.41) is 8.69. The van der Waals surface area contributed by atoms with Gasteiger partial charge in [0.25, 0.3) is 0 Å². The van der Waals surface area contributed by atoms with Crippen LogP contribution in [0.4, 0.5) is 4.39 Å². The number of nitrogens with zero attached hydrogens (tertiary/aromatic N) is 1. The van der Waals surface area contributed by atoms with Crippen molar-refractivity contribution in [1.29, 1.82) is 0 Å². The quantitative estimate of drug-likeness (QED) is 0.849. The molecule has 1 aliphatic heterocycles. The molecule has 1 aromatic carbocycles. The molecular weight excluding hydrogens is 273 g/mol. The SMILES string of the molecule is CN1CCOC(COc2cc(C#CCCO)ccc2F)C1. The lowest BCUT2D eigenvalue weighted by molar-refractivity contribution is -0.0408. The first-order valence-electron chi connectivity index (χ1n) is 7.01. The number of hydrogen-bond donors (Lipinski definition) is 1. The molecule has 114 valence electrons. The molecule has 1 unspecified atom stereocenters. The predicted molar refractivity (Wildman–Crippen MR) is 77.7 cm³/mol. The van der Waals surface area contributed by atoms with Crippen molar-refractivity contribution in [2.24, 2.45) is 0 Å². The van der Waals surface area contributed by atoms with Crippen LogP contribution in [0.2, 0.25) is 0 Å². The Morgan fingerprint density at radius 3 is 3.14 bits per heavy atom. The topological polar surface area (TPSA) is 41.9 Å². The highest BCUT2D eigenvalue weighted by atomic mass is 19.1. The van der Waals surface area contributed by atoms with E-state index in [1.165, 1.54) is 6.07 Å². The number of halogens is 1. The van der Waals surface area contributed by atoms with Crippen LogP contribution in [0.15, 0.2) is 18.2 Å². The van der Waals surface area contributed by atoms with E-state index in [1.54, 1.807) is 12.1 Å². The molecule has 0 aromatic heterocycles. The van der Waals surface area contributed by atoms with Crippen LogP contribution in [-0.4, -0.2) is 56.1 Å². The van der Waals surface area contributed by atoms with Crippen molar-refractivity contribution in [1.82, 2.24) is 4.90 Å². The van der Waals surface area contributed by atoms with Crippen LogP contribution in [-0.2, 0) is 4.74 Å². The third kappa shape index (κ3) is 5.01. The molecule has 1 aromatic rings. The zero-order valence-electron chi connectivity index (χ0n) is 12.1. The Hall–Kier alpha value is -1.61. The van der Waals surface area contributed by atoms with Crippen LogP contribution in [0, 0.1) is 17.7 Å². The standard InChI is InChI=1S/C16H20FNO3/c1-18-7-9-20-14(11-18)12-21-16-10-13(4-2-3-8-19)5-6-15(16)17/h5-6,10,14,19H,3,7-9,11-12H2,1H3. The first-order chi connectivity index (χ1) is 10.2. The summed E-state index contributed by atoms with van der Waals surface area (Å²) in [5.41, 5.74) is 0.668. The zero-order chi connectivity index (χ0) is 15.1. The number of hydrogen-bond acceptors (Lipinski definition) is 4. The molecule has 5 heteroatoms. The van der Waals surface area contributed by atoms with Crippen LogP contribution in [0.3, 0.4) is 0 Å². The molecule has 1 atom stereocenters. The molecule has 0 aliphatic carbocycles. The van der Waals surface area contributed by atoms with Gasteiger partial charge in [-0.25, -0.2) is 4.39 Å². The Morgan fingerprint density at radius 2 is 2.38 bits per heavy atom. The molecule has 2 rings (SSSR count). The van der Waals surface area contributed by atoms with Gasteiger partial charge in [-0.15, -0.1) is 0 Å². The Morgan fingerprint density at radius 1 is 1.52 bits per heavy atom. The fraction of sp³-hybridized carbons (Fsp3) is 0.500. The van der Waals surface area contributed by atoms with Crippen molar-refractivity contribution in [3.05, 3.63) is 29.6 Å². The average molecular weight is 293 g/mol. The monoisotopic (exact) mass is 293 g/mol. The molecular formula is C16H20FNO3. The molecule has 1 fully saturated rings. The van der Waals surface area contributed by atoms with Gasteiger partial charge in [0.2, 0.25) is 0 Å². The zero-order valence-corrected chi connectivity index (χ0v) is 12.1. The highest BCUT2D eigenvalue weighted by Crippen LogP contribution is 2.19. The maximum atomic E-state index is 13.7. The summed E-state index contributed by atoms with van der Waals surface area (Å²) in [6, 6.07) is 4.51. The Bertz CT molecular complexity index is 524. The van der Waals surface area contributed by atoms with Crippen molar-refractivity contribution in [3.63, 3.8) is 0 Å². The van der Waals surface area contributed by atoms with Crippen LogP contribution in [0.1, 0.15) is 12.0 Å². The van der Waals surface area contributed by atoms with E-state index in [0.29, 0.717) is 25.2 Å². The van der Waals surface area contributed by atoms with E-state index in [-0.39, 0.29) is 18.5 Å². The van der Waals surface area contributed by atoms with Gasteiger partial charge >= 0.3 is 0 Å². The smallest absolute Gasteiger partial charge is 0.165 e. The molecule has 4 nitrogen and oxygen atoms in total. The molecule has 0 spiro atoms. The van der Waals surface area contributed by atoms with E-state index in [4.69, 9.17) is 14.6 Å². The van der Waals surface area contributed by atoms with Gasteiger partial charge in [0.05, 0.1) is 13.2 Å². The number of likely N-dealkylation sites (N-methyl/N-ethyl adjacent to an activating group) is 1. The minimum absolute atomic E-state index is 0.0179. The van der Waals surface area contributed by atoms with E-state index < -0.39 is 5.82 Å². The van der Waals surface area contributed by atoms with Crippen molar-refractivity contribution >= 4 is 0 Å². The van der Waals surface area contributed by atoms with Crippen molar-refractivity contribution in [3.8, 4) is 17.6 Å². The van der Waals surface area contributed by atoms with Crippen molar-refractivity contribution in [2.75, 3.05) is 40.0 Å². The molecule has 0 bridgehead atoms. The van der Waals surface area contributed by atoms with Gasteiger partial charge in [-0.1, -0.05) is 11.8 Å². The van der Waals surface area contributed by atoms with E-state index >= 15 is 0 Å². The third-order valence-corrected chi connectivity index (χ3v) is 3.17. The van der Waals surface area contributed by atoms with Crippen LogP contribution in [0.5, 0.6) is 5.75 Å². The van der Waals surface area contributed by atoms with Crippen molar-refractivity contribution < 1.29 is 19.0 Å². The van der Waals surface area contributed by atoms with E-state index in [2.05, 4.69) is 16.7 Å². The summed E-state index contributed by atoms with van der Waals surface area (Å²) >= 11 is 0. The van der Waals surface area contributed by atoms with Gasteiger partial charge in [0.1, 0.15) is 12.7 Å². The second-order valence-corrected chi connectivity index (χ2v) is 4.99. The number of aliphatic hydroxyl groups is 1. The average Bonchev–Trinajstić information content (AvgIpc) is 2.48. The molecule has 1 aliphatic rings. The number of benzene rings is 1. The van der Waals surface area contributed by atoms with Crippen LogP contribution in [0.25, 0.3) is 0 Å². The highest BCUT2D eigenvalue weighted by Gasteiger charge is 2.18. The summed E-state index contributed by atoms with van der Waals surface area (Å²) in [4.78, 5) is 2.16. The largest absolute Gasteiger partial charge is 0.488 e. The first kappa shape index (κ1) is 15.8. The maximum Gasteiger partial charge on any atom is 0.165 e. The summed E-state index contributed by atoms with van der Waals surface area (Å²) in [5.74, 6) is 5.43. The maximum absolute atomic E-state index is 13.7. The number of morpholine rings is 1. The Balaban J connectivity index is 1.95. The van der Waals surface area contributed by atoms with E-state index in [1.807, 2.05) is 7.05 Å². The third-order valence-electron chi connectivity index (χ3n) is 3.17. The van der Waals surface area contributed by atoms with Crippen LogP contribution >= 0.6 is 0 Å². The summed E-state index contributed by atoms with van der Waals surface area (Å²) in [6.45, 7) is 2.68. The second-order valence-electron chi connectivity index (χ2n) is 4.99. The van der Waals surface area contributed by atoms with Gasteiger partial charge in [-0.05, 0) is 25.2 Å². The molecule has 1 heterocycles. The molecule has 0 saturated carbocycles. The van der Waals surface area contributed by atoms with Crippen molar-refractivity contribution in [2.45, 2.75) is 12.5 Å². The van der Waals surface area contributed by atoms with Gasteiger partial charge in [-0.2, -0.15) is 0 Å². The molecule has 0 amide bonds. The van der Waals surface area contributed by atoms with Gasteiger partial charge in [0, 0.05) is 25.1 Å². The minimum atomic E-state index is -0.410. The number of aliphatic hydroxyl groups excluding tert-OH is 1. The fourth-order valence-electron chi connectivity index (χ4n) is 2.06. The molecule has 1 saturated heterocycles. The fourth-order valence-corrected chi connectivity index (χ4v) is 2.06. The highest BCUT2D eigenvalue weighted by molar-refractivity contribution is 5.40. The second kappa shape index (κ2) is 7.99. The number of rotatable bonds is 4. The molecule has 0 radical (unpaired) electrons. The van der Waals surface area contributed by atoms with E-state index in [0.717, 1.165) is 13.1 Å². The number of ether oxygens (including phenoxy) is 2. The first-order valence-corrected chi connectivity index (χ1v) is 7.01. The Labute approximate surface area is 124 Å². The van der Waals surface area contributed by atoms with Gasteiger partial charge in [0.15, 0.2) is 11.6 Å². The lowest BCUT2D eigenvalue weighted by Gasteiger charge is -2.29. The molecule has 1 N–H and O–H groups in total. The lowest BCUT2D eigenvalue weighted by Crippen LogP contribution is -2.42. The van der Waals surface area contributed by atoms with Crippen LogP contribution < -0.4 is 4.74 Å². The summed E-state index contributed by atoms with van der Waals surface area (Å²) in [7, 11) is 2.02. The normalized spacial score (nSPS) is 18.9. The summed E-state index contributed by atoms with van der Waals surface area (Å²) < 4.78 is 24.8. The van der Waals surface area contributed by atoms with Gasteiger partial charge in [-0.3, -0.25) is 0 Å². The van der Waals surface area contributed by atoms with E-state index in [9.17, 15) is 4.39 Å².